The van der Waals surface area contributed by atoms with E-state index in [9.17, 15) is 19.7 Å². The molecule has 1 aliphatic rings. The summed E-state index contributed by atoms with van der Waals surface area (Å²) in [7, 11) is 1.17. The molecule has 0 saturated heterocycles. The van der Waals surface area contributed by atoms with Crippen LogP contribution < -0.4 is 9.64 Å². The molecule has 0 fully saturated rings. The molecule has 1 aliphatic heterocycles. The van der Waals surface area contributed by atoms with Gasteiger partial charge in [-0.25, -0.2) is 4.79 Å². The predicted molar refractivity (Wildman–Crippen MR) is 79.3 cm³/mol. The number of nitro groups is 2. The van der Waals surface area contributed by atoms with Crippen LogP contribution in [0.3, 0.4) is 0 Å². The molecule has 1 N–H and O–H groups in total. The second kappa shape index (κ2) is 8.26. The van der Waals surface area contributed by atoms with Crippen LogP contribution in [0.25, 0.3) is 5.84 Å². The zero-order chi connectivity index (χ0) is 18.3. The SMILES string of the molecule is COC(=O)c1cc([N+](=O)[O-])cc2c1OCCCN2C=O.[NH-][N+](=O)[O-]. The van der Waals surface area contributed by atoms with Gasteiger partial charge in [0.15, 0.2) is 5.75 Å². The average molecular weight is 341 g/mol. The van der Waals surface area contributed by atoms with E-state index in [0.29, 0.717) is 26.0 Å². The summed E-state index contributed by atoms with van der Waals surface area (Å²) in [6, 6.07) is 2.29. The maximum atomic E-state index is 11.7. The Morgan fingerprint density at radius 2 is 2.04 bits per heavy atom. The lowest BCUT2D eigenvalue weighted by molar-refractivity contribution is -0.403. The number of benzene rings is 1. The number of ether oxygens (including phenoxy) is 2. The Morgan fingerprint density at radius 1 is 1.42 bits per heavy atom. The molecule has 12 nitrogen and oxygen atoms in total. The normalized spacial score (nSPS) is 12.5. The largest absolute Gasteiger partial charge is 0.490 e. The van der Waals surface area contributed by atoms with Gasteiger partial charge in [-0.05, 0) is 11.5 Å². The maximum absolute atomic E-state index is 11.7. The minimum absolute atomic E-state index is 0.0644. The third-order valence-corrected chi connectivity index (χ3v) is 2.90. The lowest BCUT2D eigenvalue weighted by Crippen LogP contribution is -2.22. The average Bonchev–Trinajstić information content (AvgIpc) is 2.74. The highest BCUT2D eigenvalue weighted by molar-refractivity contribution is 5.97. The van der Waals surface area contributed by atoms with Crippen molar-refractivity contribution in [3.05, 3.63) is 43.8 Å². The first-order valence-corrected chi connectivity index (χ1v) is 6.43. The summed E-state index contributed by atoms with van der Waals surface area (Å²) in [6.45, 7) is 0.664. The third-order valence-electron chi connectivity index (χ3n) is 2.90. The van der Waals surface area contributed by atoms with E-state index < -0.39 is 15.9 Å². The molecule has 24 heavy (non-hydrogen) atoms. The van der Waals surface area contributed by atoms with Crippen molar-refractivity contribution in [2.24, 2.45) is 0 Å². The Hall–Kier alpha value is -3.44. The number of carbonyl (C=O) groups excluding carboxylic acids is 2. The molecular formula is C12H13N4O8-. The van der Waals surface area contributed by atoms with Gasteiger partial charge < -0.3 is 20.2 Å². The number of nitro benzene ring substituents is 1. The van der Waals surface area contributed by atoms with E-state index in [1.165, 1.54) is 18.1 Å². The highest BCUT2D eigenvalue weighted by Gasteiger charge is 2.27. The van der Waals surface area contributed by atoms with Gasteiger partial charge in [-0.15, -0.1) is 0 Å². The number of carbonyl (C=O) groups is 2. The smallest absolute Gasteiger partial charge is 0.341 e. The monoisotopic (exact) mass is 341 g/mol. The number of esters is 1. The summed E-state index contributed by atoms with van der Waals surface area (Å²) in [5.41, 5.74) is -0.168. The summed E-state index contributed by atoms with van der Waals surface area (Å²) in [4.78, 5) is 42.9. The number of non-ortho nitro benzene ring substituents is 1. The fraction of sp³-hybridized carbons (Fsp3) is 0.333. The van der Waals surface area contributed by atoms with E-state index in [-0.39, 0.29) is 22.7 Å². The topological polar surface area (TPSA) is 166 Å². The van der Waals surface area contributed by atoms with Crippen LogP contribution in [0.5, 0.6) is 5.75 Å². The van der Waals surface area contributed by atoms with Crippen LogP contribution in [-0.4, -0.2) is 42.6 Å². The molecule has 0 unspecified atom stereocenters. The first kappa shape index (κ1) is 18.6. The molecule has 1 aromatic carbocycles. The van der Waals surface area contributed by atoms with Crippen molar-refractivity contribution in [2.45, 2.75) is 6.42 Å². The predicted octanol–water partition coefficient (Wildman–Crippen LogP) is 1.36. The third kappa shape index (κ3) is 4.53. The Morgan fingerprint density at radius 3 is 2.54 bits per heavy atom. The van der Waals surface area contributed by atoms with Crippen LogP contribution in [0.2, 0.25) is 0 Å². The van der Waals surface area contributed by atoms with Gasteiger partial charge >= 0.3 is 5.97 Å². The zero-order valence-electron chi connectivity index (χ0n) is 12.5. The summed E-state index contributed by atoms with van der Waals surface area (Å²) in [6.07, 6.45) is 1.11. The summed E-state index contributed by atoms with van der Waals surface area (Å²) < 4.78 is 10.0. The molecule has 130 valence electrons. The molecule has 0 aliphatic carbocycles. The molecule has 0 spiro atoms. The molecular weight excluding hydrogens is 328 g/mol. The van der Waals surface area contributed by atoms with Crippen LogP contribution in [0.1, 0.15) is 16.8 Å². The second-order valence-corrected chi connectivity index (χ2v) is 4.35. The van der Waals surface area contributed by atoms with E-state index in [1.807, 2.05) is 0 Å². The lowest BCUT2D eigenvalue weighted by atomic mass is 10.1. The Labute approximate surface area is 135 Å². The number of nitrogens with one attached hydrogen (secondary N) is 1. The van der Waals surface area contributed by atoms with Gasteiger partial charge in [0.25, 0.3) is 5.69 Å². The Kier molecular flexibility index (Phi) is 6.40. The second-order valence-electron chi connectivity index (χ2n) is 4.35. The van der Waals surface area contributed by atoms with E-state index >= 15 is 0 Å². The number of methoxy groups -OCH3 is 1. The van der Waals surface area contributed by atoms with Crippen molar-refractivity contribution in [3.63, 3.8) is 0 Å². The number of hydrogen-bond acceptors (Lipinski definition) is 8. The molecule has 0 aromatic heterocycles. The van der Waals surface area contributed by atoms with Crippen molar-refractivity contribution in [3.8, 4) is 5.75 Å². The molecule has 0 atom stereocenters. The number of nitrogens with zero attached hydrogens (tertiary/aromatic N) is 3. The van der Waals surface area contributed by atoms with Crippen molar-refractivity contribution < 1.29 is 29.0 Å². The van der Waals surface area contributed by atoms with E-state index in [0.717, 1.165) is 6.07 Å². The number of hydrogen-bond donors (Lipinski definition) is 0. The van der Waals surface area contributed by atoms with Crippen LogP contribution >= 0.6 is 0 Å². The van der Waals surface area contributed by atoms with E-state index in [1.54, 1.807) is 0 Å². The maximum Gasteiger partial charge on any atom is 0.341 e. The molecule has 1 heterocycles. The lowest BCUT2D eigenvalue weighted by Gasteiger charge is -2.17. The van der Waals surface area contributed by atoms with Crippen LogP contribution in [0.4, 0.5) is 11.4 Å². The van der Waals surface area contributed by atoms with Crippen LogP contribution in [-0.2, 0) is 9.53 Å². The Balaban J connectivity index is 0.000000648. The summed E-state index contributed by atoms with van der Waals surface area (Å²) >= 11 is 0. The highest BCUT2D eigenvalue weighted by Crippen LogP contribution is 2.38. The van der Waals surface area contributed by atoms with Gasteiger partial charge in [0.1, 0.15) is 5.56 Å². The fourth-order valence-electron chi connectivity index (χ4n) is 1.97. The number of rotatable bonds is 3. The molecule has 2 rings (SSSR count). The summed E-state index contributed by atoms with van der Waals surface area (Å²) in [5.74, 6) is 4.68. The number of fused-ring (bicyclic) bond motifs is 1. The van der Waals surface area contributed by atoms with Crippen molar-refractivity contribution in [1.29, 1.82) is 0 Å². The van der Waals surface area contributed by atoms with Gasteiger partial charge in [0, 0.05) is 18.7 Å². The molecule has 0 bridgehead atoms. The number of amides is 1. The highest BCUT2D eigenvalue weighted by atomic mass is 16.7. The minimum atomic E-state index is -1.25. The zero-order valence-corrected chi connectivity index (χ0v) is 12.5. The summed E-state index contributed by atoms with van der Waals surface area (Å²) in [5, 5.41) is 18.2. The van der Waals surface area contributed by atoms with Crippen molar-refractivity contribution in [1.82, 2.24) is 0 Å². The molecule has 0 radical (unpaired) electrons. The standard InChI is InChI=1S/C12H12N2O6.HN2O2/c1-19-12(16)9-5-8(14(17)18)6-10-11(9)20-4-2-3-13(10)7-15;1-2(3)4/h5-7H,2-4H2,1H3;1H/q;-1. The van der Waals surface area contributed by atoms with Gasteiger partial charge in [-0.3, -0.25) is 25.0 Å². The molecule has 1 amide bonds. The van der Waals surface area contributed by atoms with Gasteiger partial charge in [0.05, 0.1) is 24.3 Å². The number of anilines is 1. The fourth-order valence-corrected chi connectivity index (χ4v) is 1.97. The van der Waals surface area contributed by atoms with Gasteiger partial charge in [0.2, 0.25) is 6.41 Å². The molecule has 1 aromatic rings. The van der Waals surface area contributed by atoms with Crippen LogP contribution in [0, 0.1) is 20.2 Å². The first-order chi connectivity index (χ1) is 11.3. The van der Waals surface area contributed by atoms with Crippen molar-refractivity contribution in [2.75, 3.05) is 25.2 Å². The quantitative estimate of drug-likeness (QED) is 0.344. The first-order valence-electron chi connectivity index (χ1n) is 6.43. The molecule has 12 heteroatoms. The van der Waals surface area contributed by atoms with E-state index in [4.69, 9.17) is 20.7 Å². The Bertz CT molecular complexity index is 659. The van der Waals surface area contributed by atoms with Gasteiger partial charge in [-0.2, -0.15) is 0 Å². The minimum Gasteiger partial charge on any atom is -0.490 e. The van der Waals surface area contributed by atoms with Crippen molar-refractivity contribution >= 4 is 23.8 Å². The van der Waals surface area contributed by atoms with Crippen LogP contribution in [0.15, 0.2) is 12.1 Å². The van der Waals surface area contributed by atoms with Gasteiger partial charge in [-0.1, -0.05) is 0 Å². The molecule has 0 saturated carbocycles. The van der Waals surface area contributed by atoms with E-state index in [2.05, 4.69) is 4.74 Å².